The number of hydrogen-bond donors (Lipinski definition) is 1. The van der Waals surface area contributed by atoms with Gasteiger partial charge in [-0.2, -0.15) is 0 Å². The van der Waals surface area contributed by atoms with Gasteiger partial charge in [0.2, 0.25) is 0 Å². The van der Waals surface area contributed by atoms with Crippen LogP contribution in [0.2, 0.25) is 0 Å². The van der Waals surface area contributed by atoms with E-state index in [0.29, 0.717) is 5.92 Å². The molecule has 1 aromatic heterocycles. The number of nitrogens with one attached hydrogen (secondary N) is 1. The standard InChI is InChI=1S/C19H23N3O/c1-12-3-6-17-15(9-12)16(10-18(21-17)14-4-5-14)19(23)22-8-7-20-11-13(22)2/h3,6,9-10,13-14,20H,4-5,7-8,11H2,1-2H3/t13-/m0/s1. The first-order valence-corrected chi connectivity index (χ1v) is 8.56. The van der Waals surface area contributed by atoms with Gasteiger partial charge >= 0.3 is 0 Å². The number of benzene rings is 1. The summed E-state index contributed by atoms with van der Waals surface area (Å²) in [6.07, 6.45) is 2.39. The summed E-state index contributed by atoms with van der Waals surface area (Å²) in [4.78, 5) is 20.0. The van der Waals surface area contributed by atoms with Crippen LogP contribution in [0, 0.1) is 6.92 Å². The maximum atomic E-state index is 13.2. The summed E-state index contributed by atoms with van der Waals surface area (Å²) in [7, 11) is 0. The van der Waals surface area contributed by atoms with Gasteiger partial charge in [-0.3, -0.25) is 9.78 Å². The smallest absolute Gasteiger partial charge is 0.254 e. The molecule has 1 amide bonds. The number of aromatic nitrogens is 1. The molecule has 4 nitrogen and oxygen atoms in total. The van der Waals surface area contributed by atoms with Crippen molar-refractivity contribution in [2.45, 2.75) is 38.6 Å². The summed E-state index contributed by atoms with van der Waals surface area (Å²) in [5.41, 5.74) is 4.04. The van der Waals surface area contributed by atoms with Gasteiger partial charge in [0.25, 0.3) is 5.91 Å². The lowest BCUT2D eigenvalue weighted by molar-refractivity contribution is 0.0657. The predicted octanol–water partition coefficient (Wildman–Crippen LogP) is 2.85. The average Bonchev–Trinajstić information content (AvgIpc) is 3.38. The summed E-state index contributed by atoms with van der Waals surface area (Å²) in [6, 6.07) is 8.51. The van der Waals surface area contributed by atoms with E-state index in [1.807, 2.05) is 4.90 Å². The van der Waals surface area contributed by atoms with Crippen LogP contribution in [-0.2, 0) is 0 Å². The SMILES string of the molecule is Cc1ccc2nc(C3CC3)cc(C(=O)N3CCNC[C@@H]3C)c2c1. The third-order valence-electron chi connectivity index (χ3n) is 4.97. The second kappa shape index (κ2) is 5.60. The number of piperazine rings is 1. The largest absolute Gasteiger partial charge is 0.333 e. The van der Waals surface area contributed by atoms with Crippen molar-refractivity contribution in [2.75, 3.05) is 19.6 Å². The highest BCUT2D eigenvalue weighted by atomic mass is 16.2. The van der Waals surface area contributed by atoms with E-state index in [2.05, 4.69) is 43.4 Å². The fraction of sp³-hybridized carbons (Fsp3) is 0.474. The third-order valence-corrected chi connectivity index (χ3v) is 4.97. The molecule has 1 saturated carbocycles. The molecule has 1 N–H and O–H groups in total. The molecule has 2 heterocycles. The van der Waals surface area contributed by atoms with Crippen LogP contribution in [0.5, 0.6) is 0 Å². The second-order valence-corrected chi connectivity index (χ2v) is 6.94. The summed E-state index contributed by atoms with van der Waals surface area (Å²) in [5.74, 6) is 0.701. The lowest BCUT2D eigenvalue weighted by Gasteiger charge is -2.34. The van der Waals surface area contributed by atoms with Gasteiger partial charge in [0.05, 0.1) is 11.1 Å². The molecule has 0 bridgehead atoms. The lowest BCUT2D eigenvalue weighted by Crippen LogP contribution is -2.52. The van der Waals surface area contributed by atoms with Gasteiger partial charge in [-0.15, -0.1) is 0 Å². The monoisotopic (exact) mass is 309 g/mol. The van der Waals surface area contributed by atoms with E-state index in [1.54, 1.807) is 0 Å². The molecule has 23 heavy (non-hydrogen) atoms. The lowest BCUT2D eigenvalue weighted by atomic mass is 10.0. The summed E-state index contributed by atoms with van der Waals surface area (Å²) in [6.45, 7) is 6.68. The van der Waals surface area contributed by atoms with Gasteiger partial charge in [-0.25, -0.2) is 0 Å². The van der Waals surface area contributed by atoms with Crippen LogP contribution in [-0.4, -0.2) is 41.5 Å². The zero-order valence-corrected chi connectivity index (χ0v) is 13.8. The van der Waals surface area contributed by atoms with E-state index >= 15 is 0 Å². The Morgan fingerprint density at radius 1 is 1.30 bits per heavy atom. The van der Waals surface area contributed by atoms with Gasteiger partial charge in [-0.1, -0.05) is 11.6 Å². The first kappa shape index (κ1) is 14.6. The highest BCUT2D eigenvalue weighted by Gasteiger charge is 2.29. The Balaban J connectivity index is 1.83. The first-order valence-electron chi connectivity index (χ1n) is 8.56. The van der Waals surface area contributed by atoms with Gasteiger partial charge in [0.1, 0.15) is 0 Å². The number of rotatable bonds is 2. The van der Waals surface area contributed by atoms with E-state index in [4.69, 9.17) is 4.98 Å². The molecule has 2 aromatic rings. The molecule has 0 spiro atoms. The molecule has 120 valence electrons. The van der Waals surface area contributed by atoms with Gasteiger partial charge in [0.15, 0.2) is 0 Å². The molecule has 2 aliphatic rings. The summed E-state index contributed by atoms with van der Waals surface area (Å²) in [5, 5.41) is 4.34. The van der Waals surface area contributed by atoms with Crippen molar-refractivity contribution in [1.29, 1.82) is 0 Å². The molecule has 0 radical (unpaired) electrons. The second-order valence-electron chi connectivity index (χ2n) is 6.94. The number of carbonyl (C=O) groups is 1. The highest BCUT2D eigenvalue weighted by Crippen LogP contribution is 2.40. The van der Waals surface area contributed by atoms with Crippen molar-refractivity contribution in [3.63, 3.8) is 0 Å². The normalized spacial score (nSPS) is 21.7. The van der Waals surface area contributed by atoms with Crippen LogP contribution in [0.25, 0.3) is 10.9 Å². The Morgan fingerprint density at radius 3 is 2.87 bits per heavy atom. The van der Waals surface area contributed by atoms with Crippen LogP contribution in [0.15, 0.2) is 24.3 Å². The van der Waals surface area contributed by atoms with Crippen molar-refractivity contribution in [1.82, 2.24) is 15.2 Å². The molecule has 4 rings (SSSR count). The quantitative estimate of drug-likeness (QED) is 0.928. The Bertz CT molecular complexity index is 767. The maximum absolute atomic E-state index is 13.2. The topological polar surface area (TPSA) is 45.2 Å². The molecule has 1 aromatic carbocycles. The Kier molecular flexibility index (Phi) is 3.57. The van der Waals surface area contributed by atoms with E-state index < -0.39 is 0 Å². The average molecular weight is 309 g/mol. The van der Waals surface area contributed by atoms with Gasteiger partial charge in [-0.05, 0) is 44.9 Å². The van der Waals surface area contributed by atoms with Gasteiger partial charge < -0.3 is 10.2 Å². The van der Waals surface area contributed by atoms with Crippen molar-refractivity contribution in [3.8, 4) is 0 Å². The molecule has 1 saturated heterocycles. The number of carbonyl (C=O) groups excluding carboxylic acids is 1. The highest BCUT2D eigenvalue weighted by molar-refractivity contribution is 6.06. The minimum atomic E-state index is 0.152. The molecule has 1 aliphatic heterocycles. The van der Waals surface area contributed by atoms with E-state index in [9.17, 15) is 4.79 Å². The predicted molar refractivity (Wildman–Crippen MR) is 91.8 cm³/mol. The number of hydrogen-bond acceptors (Lipinski definition) is 3. The molecular formula is C19H23N3O. The Labute approximate surface area is 136 Å². The Hall–Kier alpha value is -1.94. The molecule has 1 aliphatic carbocycles. The van der Waals surface area contributed by atoms with Crippen LogP contribution >= 0.6 is 0 Å². The maximum Gasteiger partial charge on any atom is 0.254 e. The number of amides is 1. The molecule has 4 heteroatoms. The summed E-state index contributed by atoms with van der Waals surface area (Å²) >= 11 is 0. The molecule has 1 atom stereocenters. The molecule has 2 fully saturated rings. The number of pyridine rings is 1. The zero-order chi connectivity index (χ0) is 16.0. The van der Waals surface area contributed by atoms with Gasteiger partial charge in [0, 0.05) is 42.7 Å². The fourth-order valence-electron chi connectivity index (χ4n) is 3.42. The first-order chi connectivity index (χ1) is 11.1. The van der Waals surface area contributed by atoms with Crippen LogP contribution in [0.3, 0.4) is 0 Å². The van der Waals surface area contributed by atoms with Crippen LogP contribution in [0.4, 0.5) is 0 Å². The Morgan fingerprint density at radius 2 is 2.13 bits per heavy atom. The zero-order valence-electron chi connectivity index (χ0n) is 13.8. The minimum absolute atomic E-state index is 0.152. The van der Waals surface area contributed by atoms with Crippen molar-refractivity contribution < 1.29 is 4.79 Å². The van der Waals surface area contributed by atoms with E-state index in [1.165, 1.54) is 18.4 Å². The molecular weight excluding hydrogens is 286 g/mol. The summed E-state index contributed by atoms with van der Waals surface area (Å²) < 4.78 is 0. The van der Waals surface area contributed by atoms with Crippen LogP contribution in [0.1, 0.15) is 47.3 Å². The third kappa shape index (κ3) is 2.72. The number of nitrogens with zero attached hydrogens (tertiary/aromatic N) is 2. The number of aryl methyl sites for hydroxylation is 1. The minimum Gasteiger partial charge on any atom is -0.333 e. The number of fused-ring (bicyclic) bond motifs is 1. The van der Waals surface area contributed by atoms with E-state index in [0.717, 1.165) is 41.8 Å². The van der Waals surface area contributed by atoms with Crippen molar-refractivity contribution in [3.05, 3.63) is 41.1 Å². The van der Waals surface area contributed by atoms with Crippen molar-refractivity contribution >= 4 is 16.8 Å². The molecule has 0 unspecified atom stereocenters. The van der Waals surface area contributed by atoms with Crippen LogP contribution < -0.4 is 5.32 Å². The van der Waals surface area contributed by atoms with E-state index in [-0.39, 0.29) is 11.9 Å². The van der Waals surface area contributed by atoms with Crippen molar-refractivity contribution in [2.24, 2.45) is 0 Å². The fourth-order valence-corrected chi connectivity index (χ4v) is 3.42.